The number of hydrogen-bond acceptors (Lipinski definition) is 7. The molecule has 1 saturated heterocycles. The van der Waals surface area contributed by atoms with E-state index in [9.17, 15) is 5.11 Å². The maximum absolute atomic E-state index is 10.4. The Balaban J connectivity index is 1.89. The van der Waals surface area contributed by atoms with E-state index in [2.05, 4.69) is 20.4 Å². The minimum atomic E-state index is -1.04. The maximum atomic E-state index is 10.4. The van der Waals surface area contributed by atoms with Crippen LogP contribution >= 0.6 is 11.3 Å². The molecular weight excluding hydrogens is 240 g/mol. The molecule has 1 fully saturated rings. The summed E-state index contributed by atoms with van der Waals surface area (Å²) in [5.74, 6) is 0.702. The molecule has 0 radical (unpaired) electrons. The van der Waals surface area contributed by atoms with Crippen molar-refractivity contribution in [3.8, 4) is 11.5 Å². The Labute approximate surface area is 102 Å². The molecule has 3 rings (SSSR count). The van der Waals surface area contributed by atoms with Gasteiger partial charge in [0.2, 0.25) is 5.82 Å². The summed E-state index contributed by atoms with van der Waals surface area (Å²) < 4.78 is 5.14. The van der Waals surface area contributed by atoms with Crippen LogP contribution < -0.4 is 5.32 Å². The van der Waals surface area contributed by atoms with Crippen LogP contribution in [0, 0.1) is 0 Å². The Bertz CT molecular complexity index is 490. The number of aromatic nitrogens is 3. The zero-order valence-electron chi connectivity index (χ0n) is 9.09. The van der Waals surface area contributed by atoms with Crippen molar-refractivity contribution >= 4 is 11.3 Å². The third-order valence-corrected chi connectivity index (χ3v) is 3.43. The molecule has 0 amide bonds. The van der Waals surface area contributed by atoms with E-state index in [1.165, 1.54) is 11.3 Å². The van der Waals surface area contributed by atoms with Crippen molar-refractivity contribution in [3.63, 3.8) is 0 Å². The average molecular weight is 252 g/mol. The molecule has 3 heterocycles. The summed E-state index contributed by atoms with van der Waals surface area (Å²) in [6, 6.07) is 0. The second-order valence-corrected chi connectivity index (χ2v) is 4.83. The summed E-state index contributed by atoms with van der Waals surface area (Å²) in [4.78, 5) is 8.33. The van der Waals surface area contributed by atoms with Gasteiger partial charge >= 0.3 is 0 Å². The summed E-state index contributed by atoms with van der Waals surface area (Å²) in [6.07, 6.45) is 1.53. The van der Waals surface area contributed by atoms with Crippen molar-refractivity contribution in [2.24, 2.45) is 0 Å². The number of piperidine rings is 1. The van der Waals surface area contributed by atoms with Gasteiger partial charge in [0.05, 0.1) is 5.51 Å². The quantitative estimate of drug-likeness (QED) is 0.821. The lowest BCUT2D eigenvalue weighted by molar-refractivity contribution is -0.0167. The highest BCUT2D eigenvalue weighted by atomic mass is 32.1. The van der Waals surface area contributed by atoms with Crippen molar-refractivity contribution in [3.05, 3.63) is 16.8 Å². The van der Waals surface area contributed by atoms with Gasteiger partial charge in [-0.1, -0.05) is 5.16 Å². The number of nitrogens with one attached hydrogen (secondary N) is 1. The highest BCUT2D eigenvalue weighted by Crippen LogP contribution is 2.28. The summed E-state index contributed by atoms with van der Waals surface area (Å²) >= 11 is 1.47. The molecule has 2 aromatic heterocycles. The topological polar surface area (TPSA) is 84.1 Å². The normalized spacial score (nSPS) is 25.0. The minimum Gasteiger partial charge on any atom is -0.379 e. The summed E-state index contributed by atoms with van der Waals surface area (Å²) in [5, 5.41) is 19.2. The van der Waals surface area contributed by atoms with Crippen molar-refractivity contribution in [1.82, 2.24) is 20.4 Å². The van der Waals surface area contributed by atoms with Crippen LogP contribution in [0.15, 0.2) is 15.4 Å². The van der Waals surface area contributed by atoms with E-state index in [-0.39, 0.29) is 5.89 Å². The molecule has 6 nitrogen and oxygen atoms in total. The molecule has 1 aliphatic rings. The fourth-order valence-corrected chi connectivity index (χ4v) is 2.44. The predicted octanol–water partition coefficient (Wildman–Crippen LogP) is 0.764. The molecular formula is C10H12N4O2S. The van der Waals surface area contributed by atoms with Crippen molar-refractivity contribution in [2.45, 2.75) is 18.4 Å². The number of nitrogens with zero attached hydrogens (tertiary/aromatic N) is 3. The largest absolute Gasteiger partial charge is 0.379 e. The average Bonchev–Trinajstić information content (AvgIpc) is 3.01. The summed E-state index contributed by atoms with van der Waals surface area (Å²) in [6.45, 7) is 1.36. The van der Waals surface area contributed by atoms with E-state index in [0.29, 0.717) is 24.5 Å². The Kier molecular flexibility index (Phi) is 2.65. The third-order valence-electron chi connectivity index (χ3n) is 2.85. The molecule has 1 aliphatic heterocycles. The number of β-amino-alcohol motifs (C(OH)–C–C–N with tert-alkyl or cyclic N) is 1. The molecule has 0 spiro atoms. The van der Waals surface area contributed by atoms with E-state index in [1.54, 1.807) is 5.51 Å². The third kappa shape index (κ3) is 1.97. The molecule has 0 aromatic carbocycles. The molecule has 1 unspecified atom stereocenters. The molecule has 0 saturated carbocycles. The van der Waals surface area contributed by atoms with Crippen LogP contribution in [-0.4, -0.2) is 33.3 Å². The lowest BCUT2D eigenvalue weighted by atomic mass is 9.94. The van der Waals surface area contributed by atoms with Crippen LogP contribution in [0.25, 0.3) is 11.5 Å². The molecule has 0 bridgehead atoms. The number of rotatable bonds is 2. The van der Waals surface area contributed by atoms with Crippen molar-refractivity contribution in [2.75, 3.05) is 13.1 Å². The van der Waals surface area contributed by atoms with Crippen LogP contribution in [0.5, 0.6) is 0 Å². The first kappa shape index (κ1) is 10.8. The maximum Gasteiger partial charge on any atom is 0.260 e. The fraction of sp³-hybridized carbons (Fsp3) is 0.500. The molecule has 1 atom stereocenters. The van der Waals surface area contributed by atoms with Gasteiger partial charge in [0.1, 0.15) is 5.69 Å². The zero-order valence-corrected chi connectivity index (χ0v) is 9.90. The number of hydrogen-bond donors (Lipinski definition) is 2. The molecule has 17 heavy (non-hydrogen) atoms. The Morgan fingerprint density at radius 1 is 1.53 bits per heavy atom. The Hall–Kier alpha value is -1.31. The van der Waals surface area contributed by atoms with Crippen LogP contribution in [0.3, 0.4) is 0 Å². The predicted molar refractivity (Wildman–Crippen MR) is 61.4 cm³/mol. The van der Waals surface area contributed by atoms with E-state index in [0.717, 1.165) is 13.0 Å². The van der Waals surface area contributed by atoms with Crippen molar-refractivity contribution in [1.29, 1.82) is 0 Å². The van der Waals surface area contributed by atoms with Crippen molar-refractivity contribution < 1.29 is 9.63 Å². The van der Waals surface area contributed by atoms with Crippen LogP contribution in [0.4, 0.5) is 0 Å². The Morgan fingerprint density at radius 2 is 2.47 bits per heavy atom. The number of thiazole rings is 1. The lowest BCUT2D eigenvalue weighted by Gasteiger charge is -2.28. The van der Waals surface area contributed by atoms with E-state index in [4.69, 9.17) is 4.52 Å². The first-order valence-corrected chi connectivity index (χ1v) is 6.38. The lowest BCUT2D eigenvalue weighted by Crippen LogP contribution is -2.43. The first-order chi connectivity index (χ1) is 8.28. The molecule has 90 valence electrons. The zero-order chi connectivity index (χ0) is 11.7. The minimum absolute atomic E-state index is 0.271. The van der Waals surface area contributed by atoms with Gasteiger partial charge in [-0.05, 0) is 19.4 Å². The number of aliphatic hydroxyl groups is 1. The van der Waals surface area contributed by atoms with Gasteiger partial charge in [0, 0.05) is 11.9 Å². The summed E-state index contributed by atoms with van der Waals surface area (Å²) in [5.41, 5.74) is 1.35. The first-order valence-electron chi connectivity index (χ1n) is 5.44. The van der Waals surface area contributed by atoms with Gasteiger partial charge in [0.15, 0.2) is 5.60 Å². The molecule has 0 aliphatic carbocycles. The van der Waals surface area contributed by atoms with Crippen LogP contribution in [0.2, 0.25) is 0 Å². The highest BCUT2D eigenvalue weighted by molar-refractivity contribution is 7.07. The van der Waals surface area contributed by atoms with Crippen LogP contribution in [0.1, 0.15) is 18.7 Å². The summed E-state index contributed by atoms with van der Waals surface area (Å²) in [7, 11) is 0. The molecule has 2 N–H and O–H groups in total. The molecule has 2 aromatic rings. The van der Waals surface area contributed by atoms with Crippen LogP contribution in [-0.2, 0) is 5.60 Å². The van der Waals surface area contributed by atoms with E-state index < -0.39 is 5.60 Å². The SMILES string of the molecule is OC1(c2nc(-c3cscn3)no2)CCCNC1. The van der Waals surface area contributed by atoms with Gasteiger partial charge in [-0.3, -0.25) is 0 Å². The highest BCUT2D eigenvalue weighted by Gasteiger charge is 2.37. The second kappa shape index (κ2) is 4.17. The van der Waals surface area contributed by atoms with Gasteiger partial charge in [-0.15, -0.1) is 11.3 Å². The Morgan fingerprint density at radius 3 is 3.18 bits per heavy atom. The standard InChI is InChI=1S/C10H12N4O2S/c15-10(2-1-3-11-5-10)9-13-8(14-16-9)7-4-17-6-12-7/h4,6,11,15H,1-3,5H2. The van der Waals surface area contributed by atoms with Gasteiger partial charge in [-0.2, -0.15) is 4.98 Å². The van der Waals surface area contributed by atoms with Gasteiger partial charge in [-0.25, -0.2) is 4.98 Å². The smallest absolute Gasteiger partial charge is 0.260 e. The monoisotopic (exact) mass is 252 g/mol. The fourth-order valence-electron chi connectivity index (χ4n) is 1.91. The second-order valence-electron chi connectivity index (χ2n) is 4.11. The van der Waals surface area contributed by atoms with Gasteiger partial charge in [0.25, 0.3) is 5.89 Å². The van der Waals surface area contributed by atoms with Gasteiger partial charge < -0.3 is 14.9 Å². The molecule has 7 heteroatoms. The van der Waals surface area contributed by atoms with E-state index >= 15 is 0 Å². The van der Waals surface area contributed by atoms with E-state index in [1.807, 2.05) is 5.38 Å².